The van der Waals surface area contributed by atoms with Crippen LogP contribution in [0.3, 0.4) is 0 Å². The van der Waals surface area contributed by atoms with Gasteiger partial charge in [-0.15, -0.1) is 0 Å². The van der Waals surface area contributed by atoms with E-state index in [1.807, 2.05) is 0 Å². The lowest BCUT2D eigenvalue weighted by atomic mass is 10.3. The predicted octanol–water partition coefficient (Wildman–Crippen LogP) is 1.68. The van der Waals surface area contributed by atoms with Gasteiger partial charge in [-0.2, -0.15) is 13.2 Å². The third-order valence-corrected chi connectivity index (χ3v) is 3.07. The molecular formula is C7H6F3NO2S. The van der Waals surface area contributed by atoms with Crippen LogP contribution in [0.4, 0.5) is 13.2 Å². The summed E-state index contributed by atoms with van der Waals surface area (Å²) in [6.45, 7) is 1.26. The van der Waals surface area contributed by atoms with Crippen LogP contribution >= 0.6 is 0 Å². The highest BCUT2D eigenvalue weighted by atomic mass is 32.2. The Balaban J connectivity index is 3.40. The van der Waals surface area contributed by atoms with E-state index in [1.54, 1.807) is 0 Å². The van der Waals surface area contributed by atoms with Gasteiger partial charge in [0.15, 0.2) is 5.03 Å². The van der Waals surface area contributed by atoms with Gasteiger partial charge in [0, 0.05) is 6.20 Å². The first-order valence-corrected chi connectivity index (χ1v) is 4.98. The van der Waals surface area contributed by atoms with Gasteiger partial charge in [-0.05, 0) is 18.6 Å². The van der Waals surface area contributed by atoms with Gasteiger partial charge >= 0.3 is 5.51 Å². The van der Waals surface area contributed by atoms with E-state index in [0.29, 0.717) is 0 Å². The van der Waals surface area contributed by atoms with Crippen LogP contribution in [0.15, 0.2) is 23.4 Å². The van der Waals surface area contributed by atoms with Gasteiger partial charge in [-0.1, -0.05) is 6.07 Å². The molecule has 1 heterocycles. The van der Waals surface area contributed by atoms with E-state index in [4.69, 9.17) is 0 Å². The molecule has 0 N–H and O–H groups in total. The highest BCUT2D eigenvalue weighted by molar-refractivity contribution is 7.92. The van der Waals surface area contributed by atoms with E-state index >= 15 is 0 Å². The van der Waals surface area contributed by atoms with Gasteiger partial charge in [0.25, 0.3) is 9.84 Å². The van der Waals surface area contributed by atoms with Crippen molar-refractivity contribution in [1.29, 1.82) is 0 Å². The number of rotatable bonds is 1. The molecule has 1 aromatic rings. The molecule has 14 heavy (non-hydrogen) atoms. The van der Waals surface area contributed by atoms with E-state index in [2.05, 4.69) is 4.98 Å². The van der Waals surface area contributed by atoms with Crippen molar-refractivity contribution in [2.75, 3.05) is 0 Å². The van der Waals surface area contributed by atoms with Crippen LogP contribution in [0.2, 0.25) is 0 Å². The Morgan fingerprint density at radius 1 is 1.36 bits per heavy atom. The molecule has 78 valence electrons. The van der Waals surface area contributed by atoms with Crippen LogP contribution in [0.1, 0.15) is 5.56 Å². The molecule has 1 rings (SSSR count). The zero-order valence-corrected chi connectivity index (χ0v) is 7.85. The normalized spacial score (nSPS) is 12.9. The number of aromatic nitrogens is 1. The largest absolute Gasteiger partial charge is 0.503 e. The number of pyridine rings is 1. The summed E-state index contributed by atoms with van der Waals surface area (Å²) in [5, 5.41) is -0.937. The summed E-state index contributed by atoms with van der Waals surface area (Å²) in [6.07, 6.45) is 1.01. The fraction of sp³-hybridized carbons (Fsp3) is 0.286. The van der Waals surface area contributed by atoms with Gasteiger partial charge in [-0.3, -0.25) is 0 Å². The fourth-order valence-corrected chi connectivity index (χ4v) is 1.77. The summed E-state index contributed by atoms with van der Waals surface area (Å²) in [5.74, 6) is 0. The molecule has 0 atom stereocenters. The average molecular weight is 225 g/mol. The number of hydrogen-bond donors (Lipinski definition) is 0. The lowest BCUT2D eigenvalue weighted by Crippen LogP contribution is -2.24. The molecule has 1 aromatic heterocycles. The molecule has 0 saturated carbocycles. The van der Waals surface area contributed by atoms with E-state index < -0.39 is 20.4 Å². The maximum absolute atomic E-state index is 12.1. The van der Waals surface area contributed by atoms with Crippen molar-refractivity contribution in [2.45, 2.75) is 17.5 Å². The Kier molecular flexibility index (Phi) is 2.53. The third kappa shape index (κ3) is 1.72. The highest BCUT2D eigenvalue weighted by Crippen LogP contribution is 2.30. The molecule has 0 amide bonds. The van der Waals surface area contributed by atoms with Gasteiger partial charge in [0.2, 0.25) is 0 Å². The Labute approximate surface area is 78.5 Å². The van der Waals surface area contributed by atoms with Gasteiger partial charge < -0.3 is 0 Å². The standard InChI is InChI=1S/C7H6F3NO2S/c1-5-3-2-4-11-6(5)14(12,13)7(8,9)10/h2-4H,1H3. The minimum Gasteiger partial charge on any atom is -0.244 e. The molecule has 0 bridgehead atoms. The van der Waals surface area contributed by atoms with Crippen LogP contribution < -0.4 is 0 Å². The molecular weight excluding hydrogens is 219 g/mol. The molecule has 0 aromatic carbocycles. The van der Waals surface area contributed by atoms with Gasteiger partial charge in [0.05, 0.1) is 0 Å². The number of nitrogens with zero attached hydrogens (tertiary/aromatic N) is 1. The maximum atomic E-state index is 12.1. The van der Waals surface area contributed by atoms with Crippen LogP contribution in [0, 0.1) is 6.92 Å². The van der Waals surface area contributed by atoms with E-state index in [0.717, 1.165) is 6.20 Å². The molecule has 0 radical (unpaired) electrons. The van der Waals surface area contributed by atoms with Crippen molar-refractivity contribution >= 4 is 9.84 Å². The number of aryl methyl sites for hydroxylation is 1. The van der Waals surface area contributed by atoms with E-state index in [1.165, 1.54) is 19.1 Å². The summed E-state index contributed by atoms with van der Waals surface area (Å²) >= 11 is 0. The fourth-order valence-electron chi connectivity index (χ4n) is 0.862. The van der Waals surface area contributed by atoms with Crippen molar-refractivity contribution < 1.29 is 21.6 Å². The Morgan fingerprint density at radius 3 is 2.36 bits per heavy atom. The average Bonchev–Trinajstić information content (AvgIpc) is 2.02. The second-order valence-electron chi connectivity index (χ2n) is 2.57. The summed E-state index contributed by atoms with van der Waals surface area (Å²) in [6, 6.07) is 2.62. The molecule has 0 spiro atoms. The molecule has 0 aliphatic carbocycles. The Bertz CT molecular complexity index is 438. The Hall–Kier alpha value is -1.11. The SMILES string of the molecule is Cc1cccnc1S(=O)(=O)C(F)(F)F. The predicted molar refractivity (Wildman–Crippen MR) is 42.2 cm³/mol. The van der Waals surface area contributed by atoms with E-state index in [-0.39, 0.29) is 5.56 Å². The summed E-state index contributed by atoms with van der Waals surface area (Å²) in [5.41, 5.74) is -5.32. The summed E-state index contributed by atoms with van der Waals surface area (Å²) in [4.78, 5) is 3.21. The topological polar surface area (TPSA) is 47.0 Å². The van der Waals surface area contributed by atoms with Crippen molar-refractivity contribution in [3.63, 3.8) is 0 Å². The zero-order chi connectivity index (χ0) is 11.0. The number of sulfone groups is 1. The summed E-state index contributed by atoms with van der Waals surface area (Å²) < 4.78 is 58.0. The van der Waals surface area contributed by atoms with Gasteiger partial charge in [0.1, 0.15) is 0 Å². The van der Waals surface area contributed by atoms with Crippen molar-refractivity contribution in [1.82, 2.24) is 4.98 Å². The molecule has 0 saturated heterocycles. The number of halogens is 3. The minimum absolute atomic E-state index is 0.0233. The number of hydrogen-bond acceptors (Lipinski definition) is 3. The first kappa shape index (κ1) is 11.0. The van der Waals surface area contributed by atoms with Crippen LogP contribution in [-0.2, 0) is 9.84 Å². The zero-order valence-electron chi connectivity index (χ0n) is 7.04. The monoisotopic (exact) mass is 225 g/mol. The maximum Gasteiger partial charge on any atom is 0.503 e. The molecule has 0 unspecified atom stereocenters. The van der Waals surface area contributed by atoms with Crippen LogP contribution in [0.5, 0.6) is 0 Å². The smallest absolute Gasteiger partial charge is 0.244 e. The lowest BCUT2D eigenvalue weighted by molar-refractivity contribution is -0.0438. The second-order valence-corrected chi connectivity index (χ2v) is 4.43. The molecule has 3 nitrogen and oxygen atoms in total. The summed E-state index contributed by atoms with van der Waals surface area (Å²) in [7, 11) is -5.32. The highest BCUT2D eigenvalue weighted by Gasteiger charge is 2.48. The molecule has 0 aliphatic rings. The molecule has 0 fully saturated rings. The van der Waals surface area contributed by atoms with Crippen LogP contribution in [-0.4, -0.2) is 18.9 Å². The lowest BCUT2D eigenvalue weighted by Gasteiger charge is -2.08. The van der Waals surface area contributed by atoms with Crippen molar-refractivity contribution in [3.8, 4) is 0 Å². The minimum atomic E-state index is -5.32. The third-order valence-electron chi connectivity index (χ3n) is 1.52. The quantitative estimate of drug-likeness (QED) is 0.730. The Morgan fingerprint density at radius 2 is 1.93 bits per heavy atom. The van der Waals surface area contributed by atoms with Crippen molar-refractivity contribution in [3.05, 3.63) is 23.9 Å². The van der Waals surface area contributed by atoms with Crippen molar-refractivity contribution in [2.24, 2.45) is 0 Å². The second kappa shape index (κ2) is 3.23. The first-order chi connectivity index (χ1) is 6.27. The molecule has 7 heteroatoms. The van der Waals surface area contributed by atoms with Crippen LogP contribution in [0.25, 0.3) is 0 Å². The molecule has 0 aliphatic heterocycles. The van der Waals surface area contributed by atoms with Gasteiger partial charge in [-0.25, -0.2) is 13.4 Å². The first-order valence-electron chi connectivity index (χ1n) is 3.50. The van der Waals surface area contributed by atoms with E-state index in [9.17, 15) is 21.6 Å². The number of alkyl halides is 3.